The lowest BCUT2D eigenvalue weighted by Gasteiger charge is -2.24. The number of ether oxygens (including phenoxy) is 2. The zero-order valence-corrected chi connectivity index (χ0v) is 11.8. The molecule has 0 saturated carbocycles. The Hall–Kier alpha value is -2.48. The molecule has 116 valence electrons. The van der Waals surface area contributed by atoms with Gasteiger partial charge < -0.3 is 19.5 Å². The first-order valence-corrected chi connectivity index (χ1v) is 6.13. The first kappa shape index (κ1) is 16.6. The Labute approximate surface area is 121 Å². The fraction of sp³-hybridized carbons (Fsp3) is 0.385. The van der Waals surface area contributed by atoms with Crippen molar-refractivity contribution in [3.8, 4) is 11.5 Å². The van der Waals surface area contributed by atoms with Crippen molar-refractivity contribution < 1.29 is 29.4 Å². The molecular weight excluding hydrogens is 280 g/mol. The summed E-state index contributed by atoms with van der Waals surface area (Å²) in [5.74, 6) is -0.647. The van der Waals surface area contributed by atoms with Crippen LogP contribution in [0.5, 0.6) is 11.5 Å². The number of amides is 1. The second-order valence-electron chi connectivity index (χ2n) is 4.14. The van der Waals surface area contributed by atoms with Crippen LogP contribution in [0.3, 0.4) is 0 Å². The second kappa shape index (κ2) is 7.95. The summed E-state index contributed by atoms with van der Waals surface area (Å²) in [6, 6.07) is 4.96. The van der Waals surface area contributed by atoms with E-state index in [1.54, 1.807) is 18.2 Å². The minimum atomic E-state index is -0.982. The zero-order chi connectivity index (χ0) is 15.8. The first-order valence-electron chi connectivity index (χ1n) is 6.13. The Morgan fingerprint density at radius 3 is 2.43 bits per heavy atom. The number of carbonyl (C=O) groups excluding carboxylic acids is 1. The smallest absolute Gasteiger partial charge is 0.305 e. The van der Waals surface area contributed by atoms with E-state index in [1.807, 2.05) is 0 Å². The van der Waals surface area contributed by atoms with E-state index >= 15 is 0 Å². The van der Waals surface area contributed by atoms with Crippen LogP contribution in [0.1, 0.15) is 6.42 Å². The second-order valence-corrected chi connectivity index (χ2v) is 4.14. The van der Waals surface area contributed by atoms with Gasteiger partial charge in [0.2, 0.25) is 0 Å². The van der Waals surface area contributed by atoms with Crippen LogP contribution in [0.15, 0.2) is 18.2 Å². The van der Waals surface area contributed by atoms with Crippen molar-refractivity contribution in [1.82, 2.24) is 5.48 Å². The van der Waals surface area contributed by atoms with Crippen LogP contribution < -0.4 is 19.9 Å². The number of anilines is 1. The predicted molar refractivity (Wildman–Crippen MR) is 73.9 cm³/mol. The van der Waals surface area contributed by atoms with E-state index in [4.69, 9.17) is 19.8 Å². The van der Waals surface area contributed by atoms with E-state index in [-0.39, 0.29) is 19.5 Å². The maximum atomic E-state index is 11.3. The molecule has 0 aliphatic heterocycles. The highest BCUT2D eigenvalue weighted by Gasteiger charge is 2.15. The lowest BCUT2D eigenvalue weighted by atomic mass is 10.2. The predicted octanol–water partition coefficient (Wildman–Crippen LogP) is 0.490. The molecule has 0 heterocycles. The molecule has 0 saturated heterocycles. The van der Waals surface area contributed by atoms with Crippen LogP contribution in [-0.4, -0.2) is 49.5 Å². The summed E-state index contributed by atoms with van der Waals surface area (Å²) in [5.41, 5.74) is 2.10. The van der Waals surface area contributed by atoms with Gasteiger partial charge in [-0.3, -0.25) is 14.8 Å². The molecule has 0 aliphatic rings. The van der Waals surface area contributed by atoms with Crippen molar-refractivity contribution in [2.24, 2.45) is 0 Å². The Morgan fingerprint density at radius 1 is 1.24 bits per heavy atom. The number of aliphatic carboxylic acids is 1. The molecule has 8 heteroatoms. The number of benzene rings is 1. The summed E-state index contributed by atoms with van der Waals surface area (Å²) in [7, 11) is 2.97. The van der Waals surface area contributed by atoms with Gasteiger partial charge >= 0.3 is 5.97 Å². The summed E-state index contributed by atoms with van der Waals surface area (Å²) < 4.78 is 10.3. The molecular formula is C13H18N2O6. The number of carbonyl (C=O) groups is 2. The highest BCUT2D eigenvalue weighted by atomic mass is 16.5. The van der Waals surface area contributed by atoms with E-state index in [0.29, 0.717) is 17.2 Å². The van der Waals surface area contributed by atoms with Crippen LogP contribution in [0, 0.1) is 0 Å². The molecule has 0 fully saturated rings. The summed E-state index contributed by atoms with van der Waals surface area (Å²) in [5, 5.41) is 17.4. The average Bonchev–Trinajstić information content (AvgIpc) is 2.50. The van der Waals surface area contributed by atoms with Crippen molar-refractivity contribution in [3.63, 3.8) is 0 Å². The summed E-state index contributed by atoms with van der Waals surface area (Å²) in [6.45, 7) is -0.0719. The van der Waals surface area contributed by atoms with E-state index in [0.717, 1.165) is 0 Å². The number of methoxy groups -OCH3 is 2. The molecule has 8 nitrogen and oxygen atoms in total. The van der Waals surface area contributed by atoms with Gasteiger partial charge in [0, 0.05) is 18.3 Å². The first-order chi connectivity index (χ1) is 10.0. The van der Waals surface area contributed by atoms with Crippen LogP contribution in [0.2, 0.25) is 0 Å². The third-order valence-corrected chi connectivity index (χ3v) is 2.79. The Balaban J connectivity index is 3.00. The maximum absolute atomic E-state index is 11.3. The Bertz CT molecular complexity index is 505. The molecule has 0 spiro atoms. The molecule has 0 unspecified atom stereocenters. The largest absolute Gasteiger partial charge is 0.493 e. The number of carboxylic acids is 1. The third kappa shape index (κ3) is 4.84. The summed E-state index contributed by atoms with van der Waals surface area (Å²) in [4.78, 5) is 23.5. The topological polar surface area (TPSA) is 108 Å². The van der Waals surface area contributed by atoms with Gasteiger partial charge in [0.1, 0.15) is 0 Å². The number of nitrogens with one attached hydrogen (secondary N) is 1. The van der Waals surface area contributed by atoms with Crippen molar-refractivity contribution in [1.29, 1.82) is 0 Å². The van der Waals surface area contributed by atoms with Crippen molar-refractivity contribution >= 4 is 17.6 Å². The summed E-state index contributed by atoms with van der Waals surface area (Å²) >= 11 is 0. The molecule has 0 aliphatic carbocycles. The average molecular weight is 298 g/mol. The molecule has 1 aromatic rings. The van der Waals surface area contributed by atoms with Crippen molar-refractivity contribution in [3.05, 3.63) is 18.2 Å². The molecule has 0 radical (unpaired) electrons. The molecule has 0 bridgehead atoms. The van der Waals surface area contributed by atoms with Gasteiger partial charge in [-0.1, -0.05) is 0 Å². The molecule has 21 heavy (non-hydrogen) atoms. The summed E-state index contributed by atoms with van der Waals surface area (Å²) in [6.07, 6.45) is -0.146. The fourth-order valence-electron chi connectivity index (χ4n) is 1.76. The minimum absolute atomic E-state index is 0.109. The van der Waals surface area contributed by atoms with Gasteiger partial charge in [-0.25, -0.2) is 5.48 Å². The van der Waals surface area contributed by atoms with E-state index in [1.165, 1.54) is 24.6 Å². The zero-order valence-electron chi connectivity index (χ0n) is 11.8. The maximum Gasteiger partial charge on any atom is 0.305 e. The number of hydroxylamine groups is 1. The number of hydrogen-bond donors (Lipinski definition) is 3. The highest BCUT2D eigenvalue weighted by Crippen LogP contribution is 2.31. The van der Waals surface area contributed by atoms with E-state index < -0.39 is 11.9 Å². The molecule has 3 N–H and O–H groups in total. The van der Waals surface area contributed by atoms with Crippen LogP contribution in [-0.2, 0) is 9.59 Å². The van der Waals surface area contributed by atoms with Crippen molar-refractivity contribution in [2.75, 3.05) is 32.2 Å². The molecule has 1 aromatic carbocycles. The highest BCUT2D eigenvalue weighted by molar-refractivity contribution is 5.80. The van der Waals surface area contributed by atoms with Gasteiger partial charge in [0.15, 0.2) is 11.5 Å². The van der Waals surface area contributed by atoms with Crippen LogP contribution >= 0.6 is 0 Å². The fourth-order valence-corrected chi connectivity index (χ4v) is 1.76. The quantitative estimate of drug-likeness (QED) is 0.473. The van der Waals surface area contributed by atoms with Gasteiger partial charge in [-0.05, 0) is 12.1 Å². The number of hydrogen-bond acceptors (Lipinski definition) is 6. The van der Waals surface area contributed by atoms with Crippen LogP contribution in [0.25, 0.3) is 0 Å². The van der Waals surface area contributed by atoms with Crippen LogP contribution in [0.4, 0.5) is 5.69 Å². The van der Waals surface area contributed by atoms with E-state index in [9.17, 15) is 9.59 Å². The van der Waals surface area contributed by atoms with Gasteiger partial charge in [0.05, 0.1) is 27.2 Å². The Kier molecular flexibility index (Phi) is 6.28. The number of carboxylic acid groups (broad SMARTS) is 1. The van der Waals surface area contributed by atoms with Crippen molar-refractivity contribution in [2.45, 2.75) is 6.42 Å². The molecule has 0 aromatic heterocycles. The minimum Gasteiger partial charge on any atom is -0.493 e. The lowest BCUT2D eigenvalue weighted by Crippen LogP contribution is -2.37. The normalized spacial score (nSPS) is 9.86. The number of rotatable bonds is 8. The van der Waals surface area contributed by atoms with Gasteiger partial charge in [-0.15, -0.1) is 0 Å². The monoisotopic (exact) mass is 298 g/mol. The molecule has 0 atom stereocenters. The standard InChI is InChI=1S/C13H18N2O6/c1-20-10-4-3-9(7-11(10)21-2)15(6-5-13(17)18)8-12(16)14-19/h3-4,7,19H,5-6,8H2,1-2H3,(H,14,16)(H,17,18). The third-order valence-electron chi connectivity index (χ3n) is 2.79. The lowest BCUT2D eigenvalue weighted by molar-refractivity contribution is -0.137. The van der Waals surface area contributed by atoms with E-state index in [2.05, 4.69) is 0 Å². The number of nitrogens with zero attached hydrogens (tertiary/aromatic N) is 1. The van der Waals surface area contributed by atoms with Gasteiger partial charge in [-0.2, -0.15) is 0 Å². The SMILES string of the molecule is COc1ccc(N(CCC(=O)O)CC(=O)NO)cc1OC. The molecule has 1 amide bonds. The molecule has 1 rings (SSSR count). The Morgan fingerprint density at radius 2 is 1.90 bits per heavy atom. The van der Waals surface area contributed by atoms with Gasteiger partial charge in [0.25, 0.3) is 5.91 Å².